The second-order valence-electron chi connectivity index (χ2n) is 9.51. The molecule has 1 saturated heterocycles. The zero-order valence-electron chi connectivity index (χ0n) is 20.1. The predicted molar refractivity (Wildman–Crippen MR) is 127 cm³/mol. The number of pyridine rings is 1. The number of rotatable bonds is 5. The van der Waals surface area contributed by atoms with Crippen LogP contribution in [-0.4, -0.2) is 68.9 Å². The first-order chi connectivity index (χ1) is 16.0. The molecule has 3 aromatic heterocycles. The summed E-state index contributed by atoms with van der Waals surface area (Å²) in [4.78, 5) is 6.87. The topological polar surface area (TPSA) is 70.2 Å². The third-order valence-corrected chi connectivity index (χ3v) is 7.34. The Kier molecular flexibility index (Phi) is 6.21. The highest BCUT2D eigenvalue weighted by molar-refractivity contribution is 5.64. The van der Waals surface area contributed by atoms with Crippen LogP contribution in [0.5, 0.6) is 5.88 Å². The molecule has 0 amide bonds. The van der Waals surface area contributed by atoms with Crippen molar-refractivity contribution in [1.29, 1.82) is 0 Å². The first kappa shape index (κ1) is 22.1. The Labute approximate surface area is 195 Å². The molecule has 0 radical (unpaired) electrons. The van der Waals surface area contributed by atoms with Gasteiger partial charge in [-0.05, 0) is 52.1 Å². The van der Waals surface area contributed by atoms with Crippen LogP contribution in [0.3, 0.4) is 0 Å². The second-order valence-corrected chi connectivity index (χ2v) is 9.51. The maximum Gasteiger partial charge on any atom is 0.213 e. The van der Waals surface area contributed by atoms with Gasteiger partial charge in [-0.1, -0.05) is 0 Å². The van der Waals surface area contributed by atoms with E-state index in [0.717, 1.165) is 36.3 Å². The fourth-order valence-electron chi connectivity index (χ4n) is 5.34. The molecule has 2 aliphatic rings. The van der Waals surface area contributed by atoms with Crippen LogP contribution in [0, 0.1) is 5.92 Å². The van der Waals surface area contributed by atoms with Crippen LogP contribution in [-0.2, 0) is 24.1 Å². The largest absolute Gasteiger partial charge is 0.481 e. The molecular weight excluding hydrogens is 416 g/mol. The van der Waals surface area contributed by atoms with Crippen molar-refractivity contribution in [1.82, 2.24) is 29.4 Å². The minimum atomic E-state index is 0.597. The number of hydrogen-bond donors (Lipinski definition) is 0. The van der Waals surface area contributed by atoms with Gasteiger partial charge in [-0.3, -0.25) is 4.68 Å². The Bertz CT molecular complexity index is 1080. The zero-order chi connectivity index (χ0) is 22.9. The lowest BCUT2D eigenvalue weighted by Crippen LogP contribution is -2.44. The molecule has 176 valence electrons. The van der Waals surface area contributed by atoms with Gasteiger partial charge >= 0.3 is 0 Å². The molecule has 8 nitrogen and oxygen atoms in total. The van der Waals surface area contributed by atoms with Crippen molar-refractivity contribution in [2.45, 2.75) is 58.2 Å². The first-order valence-electron chi connectivity index (χ1n) is 12.0. The summed E-state index contributed by atoms with van der Waals surface area (Å²) < 4.78 is 15.1. The molecule has 0 unspecified atom stereocenters. The standard InChI is InChI=1S/C25H34N6O2/c1-17-11-19(12-18(2)29(17)3)15-30-16-20(13-27-30)25-22-7-9-33-10-8-23(22)31(28-25)21-5-6-24(32-4)26-14-21/h5-6,13-14,16-19H,7-12,15H2,1-4H3/t17-,18+,19+. The monoisotopic (exact) mass is 450 g/mol. The molecular formula is C25H34N6O2. The number of methoxy groups -OCH3 is 1. The Balaban J connectivity index is 1.43. The van der Waals surface area contributed by atoms with E-state index in [1.807, 2.05) is 29.2 Å². The third kappa shape index (κ3) is 4.42. The lowest BCUT2D eigenvalue weighted by molar-refractivity contribution is 0.0892. The molecule has 5 rings (SSSR count). The van der Waals surface area contributed by atoms with Gasteiger partial charge < -0.3 is 14.4 Å². The van der Waals surface area contributed by atoms with Gasteiger partial charge in [0.05, 0.1) is 49.8 Å². The van der Waals surface area contributed by atoms with E-state index >= 15 is 0 Å². The Morgan fingerprint density at radius 2 is 1.88 bits per heavy atom. The van der Waals surface area contributed by atoms with Crippen LogP contribution >= 0.6 is 0 Å². The minimum absolute atomic E-state index is 0.597. The normalized spacial score (nSPS) is 23.8. The van der Waals surface area contributed by atoms with Crippen molar-refractivity contribution in [2.24, 2.45) is 5.92 Å². The lowest BCUT2D eigenvalue weighted by Gasteiger charge is -2.40. The van der Waals surface area contributed by atoms with Crippen molar-refractivity contribution < 1.29 is 9.47 Å². The highest BCUT2D eigenvalue weighted by Crippen LogP contribution is 2.31. The summed E-state index contributed by atoms with van der Waals surface area (Å²) in [6.45, 7) is 7.03. The van der Waals surface area contributed by atoms with Crippen LogP contribution in [0.4, 0.5) is 0 Å². The summed E-state index contributed by atoms with van der Waals surface area (Å²) in [6.07, 6.45) is 10.0. The average Bonchev–Trinajstić information content (AvgIpc) is 3.34. The van der Waals surface area contributed by atoms with Gasteiger partial charge in [0.2, 0.25) is 5.88 Å². The third-order valence-electron chi connectivity index (χ3n) is 7.34. The highest BCUT2D eigenvalue weighted by Gasteiger charge is 2.29. The maximum absolute atomic E-state index is 5.79. The summed E-state index contributed by atoms with van der Waals surface area (Å²) in [5, 5.41) is 9.77. The van der Waals surface area contributed by atoms with Crippen molar-refractivity contribution in [3.8, 4) is 22.8 Å². The molecule has 0 aromatic carbocycles. The van der Waals surface area contributed by atoms with Gasteiger partial charge in [0.1, 0.15) is 0 Å². The summed E-state index contributed by atoms with van der Waals surface area (Å²) in [7, 11) is 3.86. The number of piperidine rings is 1. The van der Waals surface area contributed by atoms with E-state index in [0.29, 0.717) is 37.1 Å². The zero-order valence-corrected chi connectivity index (χ0v) is 20.1. The predicted octanol–water partition coefficient (Wildman–Crippen LogP) is 3.37. The Morgan fingerprint density at radius 3 is 2.61 bits per heavy atom. The molecule has 0 bridgehead atoms. The van der Waals surface area contributed by atoms with Crippen LogP contribution in [0.2, 0.25) is 0 Å². The smallest absolute Gasteiger partial charge is 0.213 e. The number of fused-ring (bicyclic) bond motifs is 1. The van der Waals surface area contributed by atoms with Crippen LogP contribution in [0.15, 0.2) is 30.7 Å². The number of hydrogen-bond acceptors (Lipinski definition) is 6. The molecule has 0 saturated carbocycles. The SMILES string of the molecule is COc1ccc(-n2nc(-c3cnn(C[C@H]4C[C@@H](C)N(C)[C@@H](C)C4)c3)c3c2CCOCC3)cn1. The number of aromatic nitrogens is 5. The summed E-state index contributed by atoms with van der Waals surface area (Å²) in [6, 6.07) is 5.09. The van der Waals surface area contributed by atoms with E-state index in [9.17, 15) is 0 Å². The molecule has 1 fully saturated rings. The van der Waals surface area contributed by atoms with Gasteiger partial charge in [0.15, 0.2) is 0 Å². The fraction of sp³-hybridized carbons (Fsp3) is 0.560. The molecule has 3 aromatic rings. The van der Waals surface area contributed by atoms with E-state index < -0.39 is 0 Å². The summed E-state index contributed by atoms with van der Waals surface area (Å²) in [5.74, 6) is 1.24. The average molecular weight is 451 g/mol. The lowest BCUT2D eigenvalue weighted by atomic mass is 9.87. The molecule has 33 heavy (non-hydrogen) atoms. The molecule has 8 heteroatoms. The summed E-state index contributed by atoms with van der Waals surface area (Å²) in [5.41, 5.74) is 5.46. The van der Waals surface area contributed by atoms with E-state index in [1.54, 1.807) is 7.11 Å². The second kappa shape index (κ2) is 9.27. The van der Waals surface area contributed by atoms with Gasteiger partial charge in [-0.25, -0.2) is 9.67 Å². The fourth-order valence-corrected chi connectivity index (χ4v) is 5.34. The van der Waals surface area contributed by atoms with Crippen molar-refractivity contribution in [3.63, 3.8) is 0 Å². The minimum Gasteiger partial charge on any atom is -0.481 e. The Morgan fingerprint density at radius 1 is 1.09 bits per heavy atom. The van der Waals surface area contributed by atoms with Crippen molar-refractivity contribution in [2.75, 3.05) is 27.4 Å². The van der Waals surface area contributed by atoms with Crippen LogP contribution in [0.25, 0.3) is 16.9 Å². The van der Waals surface area contributed by atoms with E-state index in [2.05, 4.69) is 41.7 Å². The van der Waals surface area contributed by atoms with Gasteiger partial charge in [-0.2, -0.15) is 10.2 Å². The van der Waals surface area contributed by atoms with Crippen molar-refractivity contribution in [3.05, 3.63) is 42.0 Å². The number of likely N-dealkylation sites (tertiary alicyclic amines) is 1. The quantitative estimate of drug-likeness (QED) is 0.594. The van der Waals surface area contributed by atoms with Crippen LogP contribution in [0.1, 0.15) is 37.9 Å². The molecule has 5 heterocycles. The highest BCUT2D eigenvalue weighted by atomic mass is 16.5. The molecule has 3 atom stereocenters. The Hall–Kier alpha value is -2.71. The molecule has 2 aliphatic heterocycles. The number of ether oxygens (including phenoxy) is 2. The van der Waals surface area contributed by atoms with Gasteiger partial charge in [0.25, 0.3) is 0 Å². The van der Waals surface area contributed by atoms with E-state index in [1.165, 1.54) is 24.1 Å². The number of nitrogens with zero attached hydrogens (tertiary/aromatic N) is 6. The van der Waals surface area contributed by atoms with Crippen molar-refractivity contribution >= 4 is 0 Å². The molecule has 0 spiro atoms. The van der Waals surface area contributed by atoms with Crippen LogP contribution < -0.4 is 4.74 Å². The van der Waals surface area contributed by atoms with E-state index in [-0.39, 0.29) is 0 Å². The van der Waals surface area contributed by atoms with Gasteiger partial charge in [-0.15, -0.1) is 0 Å². The first-order valence-corrected chi connectivity index (χ1v) is 12.0. The van der Waals surface area contributed by atoms with E-state index in [4.69, 9.17) is 19.7 Å². The molecule has 0 aliphatic carbocycles. The van der Waals surface area contributed by atoms with Gasteiger partial charge in [0, 0.05) is 48.4 Å². The molecule has 0 N–H and O–H groups in total. The summed E-state index contributed by atoms with van der Waals surface area (Å²) >= 11 is 0. The maximum atomic E-state index is 5.79.